The summed E-state index contributed by atoms with van der Waals surface area (Å²) < 4.78 is 17.4. The van der Waals surface area contributed by atoms with Crippen LogP contribution in [0.3, 0.4) is 0 Å². The molecule has 1 aromatic heterocycles. The first-order valence-electron chi connectivity index (χ1n) is 10.5. The lowest BCUT2D eigenvalue weighted by atomic mass is 9.72. The molecule has 1 aliphatic carbocycles. The molecule has 2 unspecified atom stereocenters. The van der Waals surface area contributed by atoms with Crippen LogP contribution >= 0.6 is 15.9 Å². The number of aryl methyl sites for hydroxylation is 1. The first-order chi connectivity index (χ1) is 15.5. The van der Waals surface area contributed by atoms with Crippen molar-refractivity contribution in [2.24, 2.45) is 0 Å². The van der Waals surface area contributed by atoms with Gasteiger partial charge in [0.2, 0.25) is 5.88 Å². The van der Waals surface area contributed by atoms with Crippen molar-refractivity contribution < 1.29 is 18.8 Å². The van der Waals surface area contributed by atoms with Gasteiger partial charge >= 0.3 is 0 Å². The maximum Gasteiger partial charge on any atom is 0.233 e. The van der Waals surface area contributed by atoms with Crippen LogP contribution in [0, 0.1) is 6.92 Å². The summed E-state index contributed by atoms with van der Waals surface area (Å²) >= 11 is 3.50. The van der Waals surface area contributed by atoms with Crippen molar-refractivity contribution in [1.29, 1.82) is 0 Å². The Morgan fingerprint density at radius 3 is 2.47 bits per heavy atom. The summed E-state index contributed by atoms with van der Waals surface area (Å²) in [5.41, 5.74) is 5.53. The van der Waals surface area contributed by atoms with Crippen LogP contribution in [0.5, 0.6) is 11.5 Å². The van der Waals surface area contributed by atoms with Gasteiger partial charge in [-0.1, -0.05) is 39.3 Å². The van der Waals surface area contributed by atoms with Gasteiger partial charge in [-0.15, -0.1) is 0 Å². The molecule has 0 spiro atoms. The van der Waals surface area contributed by atoms with Crippen molar-refractivity contribution in [3.63, 3.8) is 0 Å². The minimum Gasteiger partial charge on any atom is -0.493 e. The number of hydrogen-bond acceptors (Lipinski definition) is 6. The van der Waals surface area contributed by atoms with Gasteiger partial charge in [-0.2, -0.15) is 0 Å². The number of allylic oxidation sites excluding steroid dienone is 2. The molecule has 0 saturated heterocycles. The first kappa shape index (κ1) is 20.8. The molecule has 6 nitrogen and oxygen atoms in total. The lowest BCUT2D eigenvalue weighted by molar-refractivity contribution is -0.116. The molecule has 0 fully saturated rings. The molecule has 3 aromatic rings. The van der Waals surface area contributed by atoms with Crippen LogP contribution in [0.2, 0.25) is 0 Å². The van der Waals surface area contributed by atoms with E-state index in [2.05, 4.69) is 38.5 Å². The lowest BCUT2D eigenvalue weighted by Crippen LogP contribution is -2.29. The largest absolute Gasteiger partial charge is 0.493 e. The molecule has 32 heavy (non-hydrogen) atoms. The SMILES string of the molecule is COc1ccc(C2CC(=O)C3=C(C2)Nc2onc(C)c2C3c2ccc(Br)cc2)cc1OC. The van der Waals surface area contributed by atoms with E-state index in [0.29, 0.717) is 30.2 Å². The van der Waals surface area contributed by atoms with Crippen molar-refractivity contribution in [2.75, 3.05) is 19.5 Å². The highest BCUT2D eigenvalue weighted by Gasteiger charge is 2.41. The topological polar surface area (TPSA) is 73.6 Å². The summed E-state index contributed by atoms with van der Waals surface area (Å²) in [7, 11) is 3.23. The van der Waals surface area contributed by atoms with Gasteiger partial charge in [-0.3, -0.25) is 4.79 Å². The molecule has 1 N–H and O–H groups in total. The third-order valence-electron chi connectivity index (χ3n) is 6.34. The summed E-state index contributed by atoms with van der Waals surface area (Å²) in [5.74, 6) is 1.93. The number of Topliss-reactive ketones (excluding diaryl/α,β-unsaturated/α-hetero) is 1. The van der Waals surface area contributed by atoms with E-state index in [1.807, 2.05) is 37.3 Å². The van der Waals surface area contributed by atoms with E-state index in [0.717, 1.165) is 38.1 Å². The van der Waals surface area contributed by atoms with Crippen molar-refractivity contribution in [3.8, 4) is 11.5 Å². The Hall–Kier alpha value is -3.06. The number of methoxy groups -OCH3 is 2. The van der Waals surface area contributed by atoms with Gasteiger partial charge < -0.3 is 19.3 Å². The Bertz CT molecular complexity index is 1230. The zero-order valence-corrected chi connectivity index (χ0v) is 19.7. The smallest absolute Gasteiger partial charge is 0.233 e. The minimum atomic E-state index is -0.195. The highest BCUT2D eigenvalue weighted by molar-refractivity contribution is 9.10. The average Bonchev–Trinajstić information content (AvgIpc) is 3.18. The molecule has 0 saturated carbocycles. The second-order valence-corrected chi connectivity index (χ2v) is 9.07. The molecule has 2 aliphatic rings. The molecule has 5 rings (SSSR count). The molecule has 7 heteroatoms. The second-order valence-electron chi connectivity index (χ2n) is 8.16. The van der Waals surface area contributed by atoms with E-state index in [1.54, 1.807) is 14.2 Å². The van der Waals surface area contributed by atoms with E-state index in [1.165, 1.54) is 0 Å². The van der Waals surface area contributed by atoms with Crippen LogP contribution < -0.4 is 14.8 Å². The van der Waals surface area contributed by atoms with Gasteiger partial charge in [0.05, 0.1) is 25.5 Å². The second kappa shape index (κ2) is 8.13. The molecule has 0 radical (unpaired) electrons. The predicted octanol–water partition coefficient (Wildman–Crippen LogP) is 5.72. The van der Waals surface area contributed by atoms with E-state index in [9.17, 15) is 4.79 Å². The van der Waals surface area contributed by atoms with Crippen LogP contribution in [0.1, 0.15) is 47.1 Å². The van der Waals surface area contributed by atoms with E-state index >= 15 is 0 Å². The molecule has 0 bridgehead atoms. The van der Waals surface area contributed by atoms with Gasteiger partial charge in [0.1, 0.15) is 0 Å². The molecular weight excluding hydrogens is 472 g/mol. The standard InChI is InChI=1S/C25H23BrN2O4/c1-13-22-23(14-4-7-17(26)8-5-14)24-18(27-25(22)32-28-13)10-16(11-19(24)29)15-6-9-20(30-2)21(12-15)31-3/h4-9,12,16,23,27H,10-11H2,1-3H3. The summed E-state index contributed by atoms with van der Waals surface area (Å²) in [4.78, 5) is 13.6. The number of fused-ring (bicyclic) bond motifs is 1. The Labute approximate surface area is 194 Å². The van der Waals surface area contributed by atoms with E-state index < -0.39 is 0 Å². The number of carbonyl (C=O) groups excluding carboxylic acids is 1. The average molecular weight is 495 g/mol. The van der Waals surface area contributed by atoms with Crippen LogP contribution in [-0.2, 0) is 4.79 Å². The zero-order valence-electron chi connectivity index (χ0n) is 18.1. The van der Waals surface area contributed by atoms with Crippen LogP contribution in [0.25, 0.3) is 0 Å². The number of halogens is 1. The van der Waals surface area contributed by atoms with Crippen molar-refractivity contribution >= 4 is 27.6 Å². The number of ketones is 1. The number of hydrogen-bond donors (Lipinski definition) is 1. The number of nitrogens with one attached hydrogen (secondary N) is 1. The number of aromatic nitrogens is 1. The summed E-state index contributed by atoms with van der Waals surface area (Å²) in [6, 6.07) is 14.0. The predicted molar refractivity (Wildman–Crippen MR) is 124 cm³/mol. The number of benzene rings is 2. The van der Waals surface area contributed by atoms with Gasteiger partial charge in [-0.05, 0) is 54.7 Å². The van der Waals surface area contributed by atoms with Crippen molar-refractivity contribution in [1.82, 2.24) is 5.16 Å². The lowest BCUT2D eigenvalue weighted by Gasteiger charge is -2.34. The molecule has 0 amide bonds. The fourth-order valence-corrected chi connectivity index (χ4v) is 5.07. The molecule has 2 heterocycles. The molecule has 164 valence electrons. The maximum atomic E-state index is 13.6. The van der Waals surface area contributed by atoms with Crippen molar-refractivity contribution in [3.05, 3.63) is 80.6 Å². The van der Waals surface area contributed by atoms with Crippen molar-refractivity contribution in [2.45, 2.75) is 31.6 Å². The number of nitrogens with zero attached hydrogens (tertiary/aromatic N) is 1. The fourth-order valence-electron chi connectivity index (χ4n) is 4.80. The Kier molecular flexibility index (Phi) is 5.29. The van der Waals surface area contributed by atoms with E-state index in [4.69, 9.17) is 14.0 Å². The van der Waals surface area contributed by atoms with Crippen LogP contribution in [-0.4, -0.2) is 25.2 Å². The molecule has 2 atom stereocenters. The van der Waals surface area contributed by atoms with Gasteiger partial charge in [-0.25, -0.2) is 0 Å². The highest BCUT2D eigenvalue weighted by atomic mass is 79.9. The fraction of sp³-hybridized carbons (Fsp3) is 0.280. The number of rotatable bonds is 4. The third-order valence-corrected chi connectivity index (χ3v) is 6.87. The first-order valence-corrected chi connectivity index (χ1v) is 11.3. The highest BCUT2D eigenvalue weighted by Crippen LogP contribution is 2.49. The maximum absolute atomic E-state index is 13.6. The van der Waals surface area contributed by atoms with Gasteiger partial charge in [0.15, 0.2) is 17.3 Å². The quantitative estimate of drug-likeness (QED) is 0.499. The Morgan fingerprint density at radius 1 is 1.03 bits per heavy atom. The number of carbonyl (C=O) groups is 1. The molecule has 1 aliphatic heterocycles. The summed E-state index contributed by atoms with van der Waals surface area (Å²) in [5, 5.41) is 7.55. The third kappa shape index (κ3) is 3.41. The number of anilines is 1. The van der Waals surface area contributed by atoms with Crippen LogP contribution in [0.15, 0.2) is 62.7 Å². The monoisotopic (exact) mass is 494 g/mol. The van der Waals surface area contributed by atoms with Gasteiger partial charge in [0, 0.05) is 28.1 Å². The number of ether oxygens (including phenoxy) is 2. The molecule has 2 aromatic carbocycles. The zero-order chi connectivity index (χ0) is 22.4. The summed E-state index contributed by atoms with van der Waals surface area (Å²) in [6.45, 7) is 1.92. The Balaban J connectivity index is 1.57. The molecular formula is C25H23BrN2O4. The normalized spacial score (nSPS) is 19.8. The minimum absolute atomic E-state index is 0.0321. The summed E-state index contributed by atoms with van der Waals surface area (Å²) in [6.07, 6.45) is 1.13. The van der Waals surface area contributed by atoms with Gasteiger partial charge in [0.25, 0.3) is 0 Å². The van der Waals surface area contributed by atoms with Crippen LogP contribution in [0.4, 0.5) is 5.88 Å². The van der Waals surface area contributed by atoms with E-state index in [-0.39, 0.29) is 17.6 Å². The Morgan fingerprint density at radius 2 is 1.75 bits per heavy atom.